The Labute approximate surface area is 173 Å². The molecule has 1 aromatic heterocycles. The molecular weight excluding hydrogens is 397 g/mol. The Kier molecular flexibility index (Phi) is 4.72. The van der Waals surface area contributed by atoms with Crippen molar-refractivity contribution in [2.45, 2.75) is 63.3 Å². The predicted molar refractivity (Wildman–Crippen MR) is 102 cm³/mol. The Morgan fingerprint density at radius 3 is 2.67 bits per heavy atom. The molecule has 0 radical (unpaired) electrons. The van der Waals surface area contributed by atoms with Gasteiger partial charge in [-0.1, -0.05) is 0 Å². The molecule has 6 rings (SSSR count). The number of aliphatic hydroxyl groups is 1. The van der Waals surface area contributed by atoms with E-state index in [0.29, 0.717) is 19.0 Å². The Hall–Kier alpha value is -1.90. The molecule has 4 bridgehead atoms. The van der Waals surface area contributed by atoms with E-state index in [4.69, 9.17) is 0 Å². The van der Waals surface area contributed by atoms with E-state index in [-0.39, 0.29) is 41.3 Å². The largest absolute Gasteiger partial charge is 0.433 e. The van der Waals surface area contributed by atoms with Gasteiger partial charge in [-0.05, 0) is 68.8 Å². The molecular formula is C21H27F3N4O2. The van der Waals surface area contributed by atoms with Crippen LogP contribution < -0.4 is 10.2 Å². The lowest BCUT2D eigenvalue weighted by Gasteiger charge is -2.58. The summed E-state index contributed by atoms with van der Waals surface area (Å²) in [7, 11) is 0. The maximum absolute atomic E-state index is 13.3. The topological polar surface area (TPSA) is 78.4 Å². The lowest BCUT2D eigenvalue weighted by molar-refractivity contribution is -0.163. The lowest BCUT2D eigenvalue weighted by atomic mass is 9.48. The lowest BCUT2D eigenvalue weighted by Crippen LogP contribution is -2.60. The minimum atomic E-state index is -4.51. The molecule has 30 heavy (non-hydrogen) atoms. The monoisotopic (exact) mass is 424 g/mol. The van der Waals surface area contributed by atoms with Crippen molar-refractivity contribution >= 4 is 11.9 Å². The highest BCUT2D eigenvalue weighted by molar-refractivity contribution is 5.83. The number of hydrogen-bond donors (Lipinski definition) is 2. The third kappa shape index (κ3) is 3.44. The molecule has 1 amide bonds. The zero-order chi connectivity index (χ0) is 21.1. The van der Waals surface area contributed by atoms with Crippen LogP contribution in [-0.4, -0.2) is 46.2 Å². The first kappa shape index (κ1) is 20.0. The number of halogens is 3. The molecule has 5 fully saturated rings. The van der Waals surface area contributed by atoms with Gasteiger partial charge in [-0.3, -0.25) is 4.79 Å². The Morgan fingerprint density at radius 1 is 1.23 bits per heavy atom. The van der Waals surface area contributed by atoms with Crippen LogP contribution >= 0.6 is 0 Å². The van der Waals surface area contributed by atoms with Crippen molar-refractivity contribution in [1.82, 2.24) is 15.3 Å². The average Bonchev–Trinajstić information content (AvgIpc) is 2.71. The van der Waals surface area contributed by atoms with Gasteiger partial charge < -0.3 is 15.3 Å². The van der Waals surface area contributed by atoms with Gasteiger partial charge >= 0.3 is 6.18 Å². The predicted octanol–water partition coefficient (Wildman–Crippen LogP) is 2.77. The van der Waals surface area contributed by atoms with E-state index in [1.54, 1.807) is 4.90 Å². The number of aliphatic hydroxyl groups excluding tert-OH is 1. The van der Waals surface area contributed by atoms with Gasteiger partial charge in [-0.2, -0.15) is 13.2 Å². The van der Waals surface area contributed by atoms with Crippen LogP contribution in [0.4, 0.5) is 19.1 Å². The Morgan fingerprint density at radius 2 is 1.97 bits per heavy atom. The number of anilines is 1. The van der Waals surface area contributed by atoms with Crippen LogP contribution in [0.3, 0.4) is 0 Å². The summed E-state index contributed by atoms with van der Waals surface area (Å²) in [5.41, 5.74) is -1.34. The number of aromatic nitrogens is 2. The average molecular weight is 424 g/mol. The van der Waals surface area contributed by atoms with Crippen LogP contribution in [0, 0.1) is 23.2 Å². The van der Waals surface area contributed by atoms with Crippen LogP contribution in [0.15, 0.2) is 12.3 Å². The van der Waals surface area contributed by atoms with Crippen LogP contribution in [0.1, 0.15) is 50.6 Å². The molecule has 3 atom stereocenters. The van der Waals surface area contributed by atoms with Gasteiger partial charge in [0.25, 0.3) is 0 Å². The Bertz CT molecular complexity index is 817. The molecule has 164 valence electrons. The fraction of sp³-hybridized carbons (Fsp3) is 0.762. The van der Waals surface area contributed by atoms with Crippen molar-refractivity contribution in [1.29, 1.82) is 0 Å². The summed E-state index contributed by atoms with van der Waals surface area (Å²) in [4.78, 5) is 22.8. The number of nitrogens with one attached hydrogen (secondary N) is 1. The standard InChI is InChI=1S/C21H27F3N4O2/c22-21(23,24)16-3-4-25-19(27-16)28-5-1-2-15(11-28)26-18(30)20-8-12-6-13(9-20)17(29)14(7-12)10-20/h3-4,12-15,17,29H,1-2,5-11H2,(H,26,30)/t12?,13?,14?,15-,17?,20?/m0/s1. The Balaban J connectivity index is 1.27. The van der Waals surface area contributed by atoms with E-state index >= 15 is 0 Å². The van der Waals surface area contributed by atoms with Crippen molar-refractivity contribution in [3.05, 3.63) is 18.0 Å². The molecule has 5 aliphatic rings. The van der Waals surface area contributed by atoms with Gasteiger partial charge in [-0.15, -0.1) is 0 Å². The zero-order valence-corrected chi connectivity index (χ0v) is 16.7. The molecule has 2 N–H and O–H groups in total. The third-order valence-corrected chi connectivity index (χ3v) is 7.68. The highest BCUT2D eigenvalue weighted by Gasteiger charge is 2.58. The molecule has 1 aromatic rings. The molecule has 4 aliphatic carbocycles. The fourth-order valence-electron chi connectivity index (χ4n) is 6.55. The molecule has 1 aliphatic heterocycles. The molecule has 0 spiro atoms. The minimum Gasteiger partial charge on any atom is -0.393 e. The van der Waals surface area contributed by atoms with Gasteiger partial charge in [0.1, 0.15) is 5.69 Å². The van der Waals surface area contributed by atoms with Crippen LogP contribution in [0.25, 0.3) is 0 Å². The quantitative estimate of drug-likeness (QED) is 0.780. The van der Waals surface area contributed by atoms with Gasteiger partial charge in [0.2, 0.25) is 11.9 Å². The van der Waals surface area contributed by atoms with Crippen LogP contribution in [-0.2, 0) is 11.0 Å². The number of carbonyl (C=O) groups is 1. The number of alkyl halides is 3. The van der Waals surface area contributed by atoms with E-state index in [1.807, 2.05) is 0 Å². The van der Waals surface area contributed by atoms with E-state index in [9.17, 15) is 23.1 Å². The van der Waals surface area contributed by atoms with Gasteiger partial charge in [0.05, 0.1) is 11.5 Å². The maximum atomic E-state index is 13.3. The van der Waals surface area contributed by atoms with E-state index < -0.39 is 11.9 Å². The minimum absolute atomic E-state index is 0.0571. The number of amides is 1. The molecule has 6 nitrogen and oxygen atoms in total. The summed E-state index contributed by atoms with van der Waals surface area (Å²) in [6.45, 7) is 0.972. The molecule has 9 heteroatoms. The highest BCUT2D eigenvalue weighted by atomic mass is 19.4. The van der Waals surface area contributed by atoms with Crippen molar-refractivity contribution in [2.24, 2.45) is 23.2 Å². The van der Waals surface area contributed by atoms with Crippen LogP contribution in [0.5, 0.6) is 0 Å². The van der Waals surface area contributed by atoms with E-state index in [1.165, 1.54) is 0 Å². The summed E-state index contributed by atoms with van der Waals surface area (Å²) in [5.74, 6) is 1.09. The summed E-state index contributed by atoms with van der Waals surface area (Å²) in [6, 6.07) is 0.732. The highest BCUT2D eigenvalue weighted by Crippen LogP contribution is 2.60. The molecule has 0 aromatic carbocycles. The van der Waals surface area contributed by atoms with Crippen molar-refractivity contribution in [2.75, 3.05) is 18.0 Å². The first-order valence-electron chi connectivity index (χ1n) is 10.9. The SMILES string of the molecule is O=C(N[C@H]1CCCN(c2nccc(C(F)(F)F)n2)C1)C12CC3CC(C1)C(O)C(C3)C2. The second-order valence-electron chi connectivity index (χ2n) is 9.74. The first-order chi connectivity index (χ1) is 14.2. The van der Waals surface area contributed by atoms with E-state index in [2.05, 4.69) is 15.3 Å². The number of rotatable bonds is 3. The van der Waals surface area contributed by atoms with Crippen molar-refractivity contribution in [3.8, 4) is 0 Å². The van der Waals surface area contributed by atoms with E-state index in [0.717, 1.165) is 57.2 Å². The number of nitrogens with zero attached hydrogens (tertiary/aromatic N) is 3. The third-order valence-electron chi connectivity index (χ3n) is 7.68. The van der Waals surface area contributed by atoms with Gasteiger partial charge in [0.15, 0.2) is 0 Å². The van der Waals surface area contributed by atoms with Crippen molar-refractivity contribution in [3.63, 3.8) is 0 Å². The molecule has 2 heterocycles. The maximum Gasteiger partial charge on any atom is 0.433 e. The fourth-order valence-corrected chi connectivity index (χ4v) is 6.55. The normalized spacial score (nSPS) is 38.0. The van der Waals surface area contributed by atoms with Gasteiger partial charge in [-0.25, -0.2) is 9.97 Å². The molecule has 1 saturated heterocycles. The summed E-state index contributed by atoms with van der Waals surface area (Å²) < 4.78 is 39.0. The van der Waals surface area contributed by atoms with Crippen molar-refractivity contribution < 1.29 is 23.1 Å². The summed E-state index contributed by atoms with van der Waals surface area (Å²) in [6.07, 6.45) is 2.34. The first-order valence-corrected chi connectivity index (χ1v) is 10.9. The number of carbonyl (C=O) groups excluding carboxylic acids is 1. The zero-order valence-electron chi connectivity index (χ0n) is 16.7. The number of piperidine rings is 1. The molecule has 4 saturated carbocycles. The smallest absolute Gasteiger partial charge is 0.393 e. The van der Waals surface area contributed by atoms with Crippen LogP contribution in [0.2, 0.25) is 0 Å². The van der Waals surface area contributed by atoms with Gasteiger partial charge in [0, 0.05) is 25.3 Å². The summed E-state index contributed by atoms with van der Waals surface area (Å²) in [5, 5.41) is 13.6. The molecule has 2 unspecified atom stereocenters. The number of hydrogen-bond acceptors (Lipinski definition) is 5. The second kappa shape index (κ2) is 7.07. The second-order valence-corrected chi connectivity index (χ2v) is 9.74. The summed E-state index contributed by atoms with van der Waals surface area (Å²) >= 11 is 0.